The summed E-state index contributed by atoms with van der Waals surface area (Å²) in [7, 11) is -4.19. The van der Waals surface area contributed by atoms with Crippen LogP contribution in [0.1, 0.15) is 23.8 Å². The van der Waals surface area contributed by atoms with Gasteiger partial charge in [-0.3, -0.25) is 15.0 Å². The number of halogens is 1. The molecular weight excluding hydrogens is 387 g/mol. The quantitative estimate of drug-likeness (QED) is 0.606. The first-order chi connectivity index (χ1) is 13.3. The Labute approximate surface area is 160 Å². The maximum atomic E-state index is 13.3. The number of fused-ring (bicyclic) bond motifs is 1. The number of amides is 1. The highest BCUT2D eigenvalue weighted by Crippen LogP contribution is 2.14. The van der Waals surface area contributed by atoms with Gasteiger partial charge in [-0.2, -0.15) is 5.10 Å². The predicted octanol–water partition coefficient (Wildman–Crippen LogP) is 1.57. The molecule has 0 saturated heterocycles. The summed E-state index contributed by atoms with van der Waals surface area (Å²) in [5.74, 6) is -1.57. The van der Waals surface area contributed by atoms with E-state index in [-0.39, 0.29) is 16.1 Å². The van der Waals surface area contributed by atoms with Crippen molar-refractivity contribution in [2.75, 3.05) is 0 Å². The molecule has 0 unspecified atom stereocenters. The van der Waals surface area contributed by atoms with Crippen molar-refractivity contribution in [2.45, 2.75) is 24.8 Å². The zero-order valence-electron chi connectivity index (χ0n) is 14.8. The summed E-state index contributed by atoms with van der Waals surface area (Å²) >= 11 is 0. The van der Waals surface area contributed by atoms with Crippen molar-refractivity contribution in [1.29, 1.82) is 0 Å². The van der Waals surface area contributed by atoms with Crippen LogP contribution in [0.4, 0.5) is 4.39 Å². The van der Waals surface area contributed by atoms with Crippen LogP contribution in [0.25, 0.3) is 10.8 Å². The summed E-state index contributed by atoms with van der Waals surface area (Å²) in [6.45, 7) is 2.16. The van der Waals surface area contributed by atoms with E-state index in [0.29, 0.717) is 23.7 Å². The van der Waals surface area contributed by atoms with E-state index in [1.165, 1.54) is 12.1 Å². The highest BCUT2D eigenvalue weighted by atomic mass is 32.2. The number of aromatic nitrogens is 2. The molecule has 0 spiro atoms. The molecule has 1 heterocycles. The minimum atomic E-state index is -4.19. The molecule has 0 aliphatic carbocycles. The third-order valence-corrected chi connectivity index (χ3v) is 5.17. The largest absolute Gasteiger partial charge is 0.287 e. The number of hydrogen-bond acceptors (Lipinski definition) is 5. The summed E-state index contributed by atoms with van der Waals surface area (Å²) < 4.78 is 38.9. The van der Waals surface area contributed by atoms with Gasteiger partial charge >= 0.3 is 0 Å². The Morgan fingerprint density at radius 3 is 2.54 bits per heavy atom. The van der Waals surface area contributed by atoms with Gasteiger partial charge in [0.25, 0.3) is 21.5 Å². The number of rotatable bonds is 6. The molecule has 10 heteroatoms. The Hall–Kier alpha value is -3.11. The number of aryl methyl sites for hydroxylation is 1. The van der Waals surface area contributed by atoms with E-state index in [1.807, 2.05) is 11.8 Å². The van der Waals surface area contributed by atoms with Crippen molar-refractivity contribution >= 4 is 26.7 Å². The molecule has 1 amide bonds. The number of carbonyl (C=O) groups excluding carboxylic acids is 1. The summed E-state index contributed by atoms with van der Waals surface area (Å²) in [6, 6.07) is 10.8. The number of nitrogens with one attached hydrogen (secondary N) is 2. The van der Waals surface area contributed by atoms with Gasteiger partial charge in [-0.05, 0) is 30.7 Å². The number of nitrogens with zero attached hydrogens (tertiary/aromatic N) is 2. The van der Waals surface area contributed by atoms with Gasteiger partial charge in [0.15, 0.2) is 5.69 Å². The van der Waals surface area contributed by atoms with Gasteiger partial charge in [-0.15, -0.1) is 4.83 Å². The van der Waals surface area contributed by atoms with Crippen LogP contribution >= 0.6 is 0 Å². The molecule has 2 aromatic carbocycles. The molecule has 28 heavy (non-hydrogen) atoms. The summed E-state index contributed by atoms with van der Waals surface area (Å²) in [6.07, 6.45) is 0.624. The molecule has 3 aromatic rings. The number of hydrogen-bond donors (Lipinski definition) is 2. The van der Waals surface area contributed by atoms with Crippen molar-refractivity contribution in [1.82, 2.24) is 20.0 Å². The van der Waals surface area contributed by atoms with E-state index in [2.05, 4.69) is 10.5 Å². The lowest BCUT2D eigenvalue weighted by Crippen LogP contribution is -2.42. The third-order valence-electron chi connectivity index (χ3n) is 3.92. The Bertz CT molecular complexity index is 1210. The van der Waals surface area contributed by atoms with Crippen LogP contribution < -0.4 is 15.8 Å². The molecule has 0 aliphatic heterocycles. The summed E-state index contributed by atoms with van der Waals surface area (Å²) in [5, 5.41) is 4.66. The lowest BCUT2D eigenvalue weighted by Gasteiger charge is -2.11. The first-order valence-corrected chi connectivity index (χ1v) is 9.89. The molecular formula is C18H17FN4O4S. The van der Waals surface area contributed by atoms with Crippen LogP contribution in [0.15, 0.2) is 58.2 Å². The maximum Gasteiger partial charge on any atom is 0.287 e. The number of carbonyl (C=O) groups is 1. The summed E-state index contributed by atoms with van der Waals surface area (Å²) in [5.41, 5.74) is 1.62. The average Bonchev–Trinajstić information content (AvgIpc) is 2.68. The molecule has 0 bridgehead atoms. The minimum absolute atomic E-state index is 0.106. The standard InChI is InChI=1S/C18H17FN4O4S/c1-2-10-23-18(25)15-9-4-3-8-14(15)16(21-23)17(24)20-22-28(26,27)13-7-5-6-12(19)11-13/h3-9,11,22H,2,10H2,1H3,(H,20,24). The van der Waals surface area contributed by atoms with Gasteiger partial charge in [-0.1, -0.05) is 31.2 Å². The lowest BCUT2D eigenvalue weighted by atomic mass is 10.1. The van der Waals surface area contributed by atoms with Crippen LogP contribution in [-0.4, -0.2) is 24.1 Å². The van der Waals surface area contributed by atoms with Crippen molar-refractivity contribution in [3.63, 3.8) is 0 Å². The number of sulfonamides is 1. The Morgan fingerprint density at radius 1 is 1.14 bits per heavy atom. The fourth-order valence-corrected chi connectivity index (χ4v) is 3.50. The van der Waals surface area contributed by atoms with Gasteiger partial charge in [-0.25, -0.2) is 17.5 Å². The highest BCUT2D eigenvalue weighted by molar-refractivity contribution is 7.89. The van der Waals surface area contributed by atoms with Crippen LogP contribution in [0.3, 0.4) is 0 Å². The van der Waals surface area contributed by atoms with Crippen molar-refractivity contribution < 1.29 is 17.6 Å². The van der Waals surface area contributed by atoms with Crippen molar-refractivity contribution in [2.24, 2.45) is 0 Å². The zero-order valence-corrected chi connectivity index (χ0v) is 15.7. The van der Waals surface area contributed by atoms with Crippen LogP contribution in [-0.2, 0) is 16.6 Å². The van der Waals surface area contributed by atoms with E-state index < -0.39 is 21.7 Å². The third kappa shape index (κ3) is 3.92. The van der Waals surface area contributed by atoms with Crippen LogP contribution in [0, 0.1) is 5.82 Å². The van der Waals surface area contributed by atoms with Crippen LogP contribution in [0.5, 0.6) is 0 Å². The van der Waals surface area contributed by atoms with E-state index >= 15 is 0 Å². The average molecular weight is 404 g/mol. The second-order valence-electron chi connectivity index (χ2n) is 5.94. The van der Waals surface area contributed by atoms with Crippen LogP contribution in [0.2, 0.25) is 0 Å². The molecule has 0 radical (unpaired) electrons. The molecule has 8 nitrogen and oxygen atoms in total. The number of benzene rings is 2. The molecule has 3 rings (SSSR count). The predicted molar refractivity (Wildman–Crippen MR) is 100 cm³/mol. The molecule has 0 aliphatic rings. The van der Waals surface area contributed by atoms with Crippen molar-refractivity contribution in [3.8, 4) is 0 Å². The second-order valence-corrected chi connectivity index (χ2v) is 7.62. The van der Waals surface area contributed by atoms with Gasteiger partial charge in [0, 0.05) is 11.9 Å². The van der Waals surface area contributed by atoms with E-state index in [1.54, 1.807) is 24.3 Å². The maximum absolute atomic E-state index is 13.3. The first-order valence-electron chi connectivity index (χ1n) is 8.41. The fourth-order valence-electron chi connectivity index (χ4n) is 2.63. The molecule has 146 valence electrons. The fraction of sp³-hybridized carbons (Fsp3) is 0.167. The van der Waals surface area contributed by atoms with Gasteiger partial charge in [0.2, 0.25) is 0 Å². The summed E-state index contributed by atoms with van der Waals surface area (Å²) in [4.78, 5) is 26.6. The molecule has 1 aromatic heterocycles. The Kier molecular flexibility index (Phi) is 5.52. The molecule has 2 N–H and O–H groups in total. The molecule has 0 atom stereocenters. The monoisotopic (exact) mass is 404 g/mol. The van der Waals surface area contributed by atoms with E-state index in [0.717, 1.165) is 16.8 Å². The van der Waals surface area contributed by atoms with E-state index in [9.17, 15) is 22.4 Å². The SMILES string of the molecule is CCCn1nc(C(=O)NNS(=O)(=O)c2cccc(F)c2)c2ccccc2c1=O. The van der Waals surface area contributed by atoms with E-state index in [4.69, 9.17) is 0 Å². The zero-order chi connectivity index (χ0) is 20.3. The first kappa shape index (κ1) is 19.6. The molecule has 0 saturated carbocycles. The smallest absolute Gasteiger partial charge is 0.272 e. The number of hydrazine groups is 1. The second kappa shape index (κ2) is 7.87. The van der Waals surface area contributed by atoms with Gasteiger partial charge in [0.1, 0.15) is 5.82 Å². The van der Waals surface area contributed by atoms with Gasteiger partial charge in [0.05, 0.1) is 10.3 Å². The molecule has 0 fully saturated rings. The van der Waals surface area contributed by atoms with Crippen molar-refractivity contribution in [3.05, 3.63) is 70.4 Å². The Morgan fingerprint density at radius 2 is 1.86 bits per heavy atom. The Balaban J connectivity index is 1.93. The highest BCUT2D eigenvalue weighted by Gasteiger charge is 2.20. The topological polar surface area (TPSA) is 110 Å². The van der Waals surface area contributed by atoms with Gasteiger partial charge < -0.3 is 0 Å². The lowest BCUT2D eigenvalue weighted by molar-refractivity contribution is 0.0939. The normalized spacial score (nSPS) is 11.5. The minimum Gasteiger partial charge on any atom is -0.272 e.